The van der Waals surface area contributed by atoms with Gasteiger partial charge in [-0.2, -0.15) is 0 Å². The van der Waals surface area contributed by atoms with E-state index < -0.39 is 0 Å². The van der Waals surface area contributed by atoms with E-state index in [0.717, 1.165) is 23.4 Å². The van der Waals surface area contributed by atoms with Gasteiger partial charge in [-0.05, 0) is 61.7 Å². The van der Waals surface area contributed by atoms with Crippen LogP contribution in [-0.4, -0.2) is 5.78 Å². The third-order valence-electron chi connectivity index (χ3n) is 7.36. The Hall–Kier alpha value is -2.35. The number of carbonyl (C=O) groups is 1. The first-order valence-electron chi connectivity index (χ1n) is 11.7. The summed E-state index contributed by atoms with van der Waals surface area (Å²) in [7, 11) is 0. The molecule has 0 radical (unpaired) electrons. The SMILES string of the molecule is CC1=CCCC(C)(C)C1/C=C/C1=CC(c2ccc(C)cc2)C2=C(CC(C)(C)CC2=O)N1. The minimum absolute atomic E-state index is 0.00239. The molecule has 2 heteroatoms. The molecule has 1 aromatic carbocycles. The monoisotopic (exact) mass is 415 g/mol. The van der Waals surface area contributed by atoms with Crippen LogP contribution >= 0.6 is 0 Å². The van der Waals surface area contributed by atoms with E-state index in [1.54, 1.807) is 0 Å². The number of nitrogens with one attached hydrogen (secondary N) is 1. The third kappa shape index (κ3) is 4.49. The van der Waals surface area contributed by atoms with Crippen LogP contribution < -0.4 is 5.32 Å². The number of hydrogen-bond donors (Lipinski definition) is 1. The maximum Gasteiger partial charge on any atom is 0.162 e. The predicted molar refractivity (Wildman–Crippen MR) is 130 cm³/mol. The van der Waals surface area contributed by atoms with Gasteiger partial charge in [0.2, 0.25) is 0 Å². The van der Waals surface area contributed by atoms with Crippen molar-refractivity contribution in [2.45, 2.75) is 73.1 Å². The van der Waals surface area contributed by atoms with Crippen LogP contribution in [0.3, 0.4) is 0 Å². The van der Waals surface area contributed by atoms with Crippen LogP contribution in [0.4, 0.5) is 0 Å². The highest BCUT2D eigenvalue weighted by atomic mass is 16.1. The first-order chi connectivity index (χ1) is 14.6. The normalized spacial score (nSPS) is 27.5. The fourth-order valence-corrected chi connectivity index (χ4v) is 5.60. The van der Waals surface area contributed by atoms with Gasteiger partial charge in [0.25, 0.3) is 0 Å². The molecule has 4 rings (SSSR count). The van der Waals surface area contributed by atoms with Gasteiger partial charge in [-0.1, -0.05) is 75.2 Å². The molecule has 0 saturated carbocycles. The molecule has 0 fully saturated rings. The number of allylic oxidation sites excluding steroid dienone is 7. The molecule has 2 atom stereocenters. The molecule has 0 saturated heterocycles. The Kier molecular flexibility index (Phi) is 5.62. The van der Waals surface area contributed by atoms with Crippen molar-refractivity contribution in [2.75, 3.05) is 0 Å². The van der Waals surface area contributed by atoms with Crippen molar-refractivity contribution in [1.82, 2.24) is 5.32 Å². The van der Waals surface area contributed by atoms with Crippen LogP contribution in [0.15, 0.2) is 71.1 Å². The lowest BCUT2D eigenvalue weighted by Gasteiger charge is -2.38. The van der Waals surface area contributed by atoms with E-state index in [2.05, 4.69) is 95.4 Å². The van der Waals surface area contributed by atoms with E-state index in [0.29, 0.717) is 12.3 Å². The molecular weight excluding hydrogens is 378 g/mol. The van der Waals surface area contributed by atoms with Gasteiger partial charge in [0, 0.05) is 35.2 Å². The molecule has 2 unspecified atom stereocenters. The van der Waals surface area contributed by atoms with Crippen molar-refractivity contribution in [3.05, 3.63) is 82.2 Å². The summed E-state index contributed by atoms with van der Waals surface area (Å²) in [5.74, 6) is 0.758. The zero-order valence-corrected chi connectivity index (χ0v) is 20.0. The number of ketones is 1. The predicted octanol–water partition coefficient (Wildman–Crippen LogP) is 7.15. The van der Waals surface area contributed by atoms with E-state index in [4.69, 9.17) is 0 Å². The zero-order valence-electron chi connectivity index (χ0n) is 20.0. The summed E-state index contributed by atoms with van der Waals surface area (Å²) in [5, 5.41) is 3.65. The molecule has 2 nitrogen and oxygen atoms in total. The van der Waals surface area contributed by atoms with Crippen molar-refractivity contribution >= 4 is 5.78 Å². The van der Waals surface area contributed by atoms with Gasteiger partial charge < -0.3 is 5.32 Å². The minimum atomic E-state index is -0.00239. The van der Waals surface area contributed by atoms with Crippen LogP contribution in [-0.2, 0) is 4.79 Å². The number of rotatable bonds is 3. The van der Waals surface area contributed by atoms with E-state index in [1.165, 1.54) is 29.5 Å². The van der Waals surface area contributed by atoms with Crippen LogP contribution in [0.25, 0.3) is 0 Å². The summed E-state index contributed by atoms with van der Waals surface area (Å²) >= 11 is 0. The Bertz CT molecular complexity index is 998. The molecule has 3 aliphatic rings. The van der Waals surface area contributed by atoms with Gasteiger partial charge in [-0.25, -0.2) is 0 Å². The first kappa shape index (κ1) is 21.9. The second-order valence-corrected chi connectivity index (χ2v) is 11.3. The standard InChI is InChI=1S/C29H37NO/c1-19-9-11-21(12-10-19)23-16-22(13-14-24-20(2)8-7-15-29(24,5)6)30-25-17-28(3,4)18-26(31)27(23)25/h8-14,16,23-24,30H,7,15,17-18H2,1-6H3/b14-13+. The van der Waals surface area contributed by atoms with Gasteiger partial charge in [-0.3, -0.25) is 4.79 Å². The molecule has 1 aliphatic heterocycles. The molecule has 0 amide bonds. The second kappa shape index (κ2) is 7.97. The molecule has 1 N–H and O–H groups in total. The summed E-state index contributed by atoms with van der Waals surface area (Å²) in [6, 6.07) is 8.66. The lowest BCUT2D eigenvalue weighted by Crippen LogP contribution is -2.35. The van der Waals surface area contributed by atoms with Crippen molar-refractivity contribution in [2.24, 2.45) is 16.7 Å². The van der Waals surface area contributed by atoms with Gasteiger partial charge in [0.15, 0.2) is 5.78 Å². The number of benzene rings is 1. The van der Waals surface area contributed by atoms with Gasteiger partial charge in [0.1, 0.15) is 0 Å². The van der Waals surface area contributed by atoms with E-state index in [9.17, 15) is 4.79 Å². The van der Waals surface area contributed by atoms with E-state index >= 15 is 0 Å². The fourth-order valence-electron chi connectivity index (χ4n) is 5.60. The Morgan fingerprint density at radius 1 is 1.03 bits per heavy atom. The van der Waals surface area contributed by atoms with E-state index in [1.807, 2.05) is 0 Å². The Balaban J connectivity index is 1.72. The molecule has 31 heavy (non-hydrogen) atoms. The smallest absolute Gasteiger partial charge is 0.162 e. The summed E-state index contributed by atoms with van der Waals surface area (Å²) in [6.45, 7) is 13.5. The minimum Gasteiger partial charge on any atom is -0.359 e. The van der Waals surface area contributed by atoms with Crippen LogP contribution in [0, 0.1) is 23.7 Å². The number of dihydropyridines is 1. The van der Waals surface area contributed by atoms with Crippen molar-refractivity contribution < 1.29 is 4.79 Å². The highest BCUT2D eigenvalue weighted by Gasteiger charge is 2.38. The summed E-state index contributed by atoms with van der Waals surface area (Å²) < 4.78 is 0. The quantitative estimate of drug-likeness (QED) is 0.531. The largest absolute Gasteiger partial charge is 0.359 e. The second-order valence-electron chi connectivity index (χ2n) is 11.3. The van der Waals surface area contributed by atoms with Gasteiger partial charge >= 0.3 is 0 Å². The average Bonchev–Trinajstić information content (AvgIpc) is 2.66. The zero-order chi connectivity index (χ0) is 22.4. The van der Waals surface area contributed by atoms with Crippen molar-refractivity contribution in [3.8, 4) is 0 Å². The van der Waals surface area contributed by atoms with Gasteiger partial charge in [-0.15, -0.1) is 0 Å². The average molecular weight is 416 g/mol. The lowest BCUT2D eigenvalue weighted by molar-refractivity contribution is -0.118. The van der Waals surface area contributed by atoms with Crippen molar-refractivity contribution in [3.63, 3.8) is 0 Å². The summed E-state index contributed by atoms with van der Waals surface area (Å²) in [5.41, 5.74) is 7.38. The van der Waals surface area contributed by atoms with Gasteiger partial charge in [0.05, 0.1) is 0 Å². The molecule has 0 aromatic heterocycles. The number of Topliss-reactive ketones (excluding diaryl/α,β-unsaturated/α-hetero) is 1. The molecule has 0 spiro atoms. The number of carbonyl (C=O) groups excluding carboxylic acids is 1. The topological polar surface area (TPSA) is 29.1 Å². The first-order valence-corrected chi connectivity index (χ1v) is 11.7. The Morgan fingerprint density at radius 3 is 2.42 bits per heavy atom. The van der Waals surface area contributed by atoms with Crippen LogP contribution in [0.5, 0.6) is 0 Å². The summed E-state index contributed by atoms with van der Waals surface area (Å²) in [4.78, 5) is 13.2. The lowest BCUT2D eigenvalue weighted by atomic mass is 9.68. The molecule has 164 valence electrons. The third-order valence-corrected chi connectivity index (χ3v) is 7.36. The number of aryl methyl sites for hydroxylation is 1. The number of hydrogen-bond acceptors (Lipinski definition) is 2. The highest BCUT2D eigenvalue weighted by molar-refractivity contribution is 5.99. The van der Waals surface area contributed by atoms with E-state index in [-0.39, 0.29) is 22.5 Å². The maximum atomic E-state index is 13.2. The van der Waals surface area contributed by atoms with Crippen LogP contribution in [0.2, 0.25) is 0 Å². The van der Waals surface area contributed by atoms with Crippen LogP contribution in [0.1, 0.15) is 77.3 Å². The summed E-state index contributed by atoms with van der Waals surface area (Å²) in [6.07, 6.45) is 13.2. The maximum absolute atomic E-state index is 13.2. The molecule has 1 heterocycles. The molecular formula is C29H37NO. The molecule has 0 bridgehead atoms. The highest BCUT2D eigenvalue weighted by Crippen LogP contribution is 2.45. The molecule has 1 aromatic rings. The molecule has 2 aliphatic carbocycles. The Morgan fingerprint density at radius 2 is 1.74 bits per heavy atom. The fraction of sp³-hybridized carbons (Fsp3) is 0.483. The Labute approximate surface area is 188 Å². The van der Waals surface area contributed by atoms with Crippen molar-refractivity contribution in [1.29, 1.82) is 0 Å².